The first-order valence-electron chi connectivity index (χ1n) is 12.5. The summed E-state index contributed by atoms with van der Waals surface area (Å²) in [7, 11) is 3.72. The fourth-order valence-electron chi connectivity index (χ4n) is 4.62. The predicted molar refractivity (Wildman–Crippen MR) is 155 cm³/mol. The summed E-state index contributed by atoms with van der Waals surface area (Å²) < 4.78 is 8.40. The summed E-state index contributed by atoms with van der Waals surface area (Å²) in [5, 5.41) is 16.9. The van der Waals surface area contributed by atoms with Crippen LogP contribution in [0, 0.1) is 0 Å². The van der Waals surface area contributed by atoms with Gasteiger partial charge in [0.15, 0.2) is 5.82 Å². The Hall–Kier alpha value is -4.55. The molecule has 1 saturated heterocycles. The van der Waals surface area contributed by atoms with Gasteiger partial charge in [0.2, 0.25) is 11.9 Å². The minimum atomic E-state index is -0.294. The maximum atomic E-state index is 12.3. The van der Waals surface area contributed by atoms with Gasteiger partial charge in [-0.1, -0.05) is 23.9 Å². The monoisotopic (exact) mass is 541 g/mol. The summed E-state index contributed by atoms with van der Waals surface area (Å²) in [6, 6.07) is 13.5. The lowest BCUT2D eigenvalue weighted by atomic mass is 10.1. The Labute approximate surface area is 228 Å². The summed E-state index contributed by atoms with van der Waals surface area (Å²) in [6.07, 6.45) is 1.26. The molecule has 5 aromatic rings. The number of fused-ring (bicyclic) bond motifs is 2. The number of anilines is 4. The Bertz CT molecular complexity index is 1690. The van der Waals surface area contributed by atoms with Crippen LogP contribution < -0.4 is 20.3 Å². The van der Waals surface area contributed by atoms with E-state index in [1.54, 1.807) is 23.1 Å². The largest absolute Gasteiger partial charge is 0.494 e. The van der Waals surface area contributed by atoms with Crippen LogP contribution in [0.3, 0.4) is 0 Å². The van der Waals surface area contributed by atoms with Gasteiger partial charge < -0.3 is 25.2 Å². The molecule has 0 saturated carbocycles. The van der Waals surface area contributed by atoms with Gasteiger partial charge >= 0.3 is 0 Å². The summed E-state index contributed by atoms with van der Waals surface area (Å²) in [5.74, 6) is 1.29. The van der Waals surface area contributed by atoms with Gasteiger partial charge in [-0.05, 0) is 42.8 Å². The molecule has 4 heterocycles. The number of methoxy groups -OCH3 is 1. The standard InChI is InChI=1S/C27H27N9O2S/c1-4-24(37)28-19-15-20(23(38-3)16-22(19)35-12-10-34(2)11-13-35)30-27-29-18-9-14-39-25(18)26(31-27)36-21-8-6-5-7-17(21)32-33-36/h4-9,14-16H,1,10-13H2,2-3H3,(H,28,37)(H,29,30,31). The van der Waals surface area contributed by atoms with Crippen molar-refractivity contribution in [3.63, 3.8) is 0 Å². The molecule has 0 aliphatic carbocycles. The van der Waals surface area contributed by atoms with Crippen molar-refractivity contribution in [2.24, 2.45) is 0 Å². The molecular formula is C27H27N9O2S. The maximum Gasteiger partial charge on any atom is 0.247 e. The zero-order chi connectivity index (χ0) is 26.9. The van der Waals surface area contributed by atoms with Gasteiger partial charge in [-0.15, -0.1) is 16.4 Å². The number of thiophene rings is 1. The van der Waals surface area contributed by atoms with E-state index in [2.05, 4.69) is 44.4 Å². The van der Waals surface area contributed by atoms with Crippen LogP contribution in [0.25, 0.3) is 27.1 Å². The number of nitrogens with one attached hydrogen (secondary N) is 2. The number of hydrogen-bond donors (Lipinski definition) is 2. The second kappa shape index (κ2) is 10.3. The average molecular weight is 542 g/mol. The maximum absolute atomic E-state index is 12.3. The molecule has 12 heteroatoms. The summed E-state index contributed by atoms with van der Waals surface area (Å²) in [5.41, 5.74) is 4.54. The Morgan fingerprint density at radius 1 is 1.08 bits per heavy atom. The lowest BCUT2D eigenvalue weighted by Gasteiger charge is -2.35. The third kappa shape index (κ3) is 4.75. The number of hydrogen-bond acceptors (Lipinski definition) is 10. The first-order valence-corrected chi connectivity index (χ1v) is 13.3. The topological polar surface area (TPSA) is 113 Å². The molecule has 0 spiro atoms. The van der Waals surface area contributed by atoms with E-state index < -0.39 is 0 Å². The lowest BCUT2D eigenvalue weighted by Crippen LogP contribution is -2.44. The van der Waals surface area contributed by atoms with E-state index in [0.717, 1.165) is 53.1 Å². The van der Waals surface area contributed by atoms with E-state index in [4.69, 9.17) is 14.7 Å². The third-order valence-corrected chi connectivity index (χ3v) is 7.59. The van der Waals surface area contributed by atoms with E-state index in [0.29, 0.717) is 28.9 Å². The van der Waals surface area contributed by atoms with Crippen LogP contribution in [0.15, 0.2) is 60.5 Å². The molecule has 1 amide bonds. The van der Waals surface area contributed by atoms with E-state index in [-0.39, 0.29) is 5.91 Å². The Morgan fingerprint density at radius 2 is 1.90 bits per heavy atom. The molecule has 11 nitrogen and oxygen atoms in total. The molecule has 2 N–H and O–H groups in total. The van der Waals surface area contributed by atoms with Crippen LogP contribution in [0.4, 0.5) is 23.0 Å². The van der Waals surface area contributed by atoms with Crippen molar-refractivity contribution in [2.75, 3.05) is 55.9 Å². The highest BCUT2D eigenvalue weighted by atomic mass is 32.1. The number of carbonyl (C=O) groups excluding carboxylic acids is 1. The van der Waals surface area contributed by atoms with E-state index >= 15 is 0 Å². The van der Waals surface area contributed by atoms with Crippen molar-refractivity contribution in [1.82, 2.24) is 29.9 Å². The number of amides is 1. The molecular weight excluding hydrogens is 514 g/mol. The molecule has 39 heavy (non-hydrogen) atoms. The van der Waals surface area contributed by atoms with Crippen LogP contribution in [-0.2, 0) is 4.79 Å². The molecule has 198 valence electrons. The molecule has 0 unspecified atom stereocenters. The number of rotatable bonds is 7. The Kier molecular flexibility index (Phi) is 6.55. The van der Waals surface area contributed by atoms with Gasteiger partial charge in [-0.25, -0.2) is 4.98 Å². The first kappa shape index (κ1) is 24.8. The number of ether oxygens (including phenoxy) is 1. The normalized spacial score (nSPS) is 14.1. The van der Waals surface area contributed by atoms with Crippen molar-refractivity contribution in [1.29, 1.82) is 0 Å². The highest BCUT2D eigenvalue weighted by molar-refractivity contribution is 7.17. The van der Waals surface area contributed by atoms with Crippen molar-refractivity contribution in [2.45, 2.75) is 0 Å². The molecule has 1 fully saturated rings. The molecule has 0 bridgehead atoms. The van der Waals surface area contributed by atoms with Gasteiger partial charge in [0, 0.05) is 32.2 Å². The summed E-state index contributed by atoms with van der Waals surface area (Å²) in [6.45, 7) is 7.11. The summed E-state index contributed by atoms with van der Waals surface area (Å²) in [4.78, 5) is 26.4. The number of aromatic nitrogens is 5. The van der Waals surface area contributed by atoms with Gasteiger partial charge in [0.25, 0.3) is 0 Å². The van der Waals surface area contributed by atoms with Crippen LogP contribution in [0.5, 0.6) is 5.75 Å². The van der Waals surface area contributed by atoms with Crippen molar-refractivity contribution in [3.8, 4) is 11.6 Å². The van der Waals surface area contributed by atoms with Crippen molar-refractivity contribution < 1.29 is 9.53 Å². The molecule has 6 rings (SSSR count). The number of para-hydroxylation sites is 1. The van der Waals surface area contributed by atoms with Crippen LogP contribution in [0.2, 0.25) is 0 Å². The van der Waals surface area contributed by atoms with Crippen molar-refractivity contribution >= 4 is 61.5 Å². The first-order chi connectivity index (χ1) is 19.0. The fraction of sp³-hybridized carbons (Fsp3) is 0.222. The second-order valence-electron chi connectivity index (χ2n) is 9.17. The Balaban J connectivity index is 1.43. The fourth-order valence-corrected chi connectivity index (χ4v) is 5.43. The quantitative estimate of drug-likeness (QED) is 0.295. The average Bonchev–Trinajstić information content (AvgIpc) is 3.61. The minimum absolute atomic E-state index is 0.294. The van der Waals surface area contributed by atoms with Gasteiger partial charge in [0.05, 0.1) is 39.9 Å². The van der Waals surface area contributed by atoms with Crippen LogP contribution in [0.1, 0.15) is 0 Å². The van der Waals surface area contributed by atoms with Crippen molar-refractivity contribution in [3.05, 3.63) is 60.5 Å². The van der Waals surface area contributed by atoms with Crippen LogP contribution >= 0.6 is 11.3 Å². The minimum Gasteiger partial charge on any atom is -0.494 e. The number of nitrogens with zero attached hydrogens (tertiary/aromatic N) is 7. The molecule has 0 atom stereocenters. The molecule has 1 aliphatic heterocycles. The van der Waals surface area contributed by atoms with Gasteiger partial charge in [-0.2, -0.15) is 9.67 Å². The van der Waals surface area contributed by atoms with E-state index in [1.807, 2.05) is 47.8 Å². The zero-order valence-electron chi connectivity index (χ0n) is 21.6. The predicted octanol–water partition coefficient (Wildman–Crippen LogP) is 4.05. The van der Waals surface area contributed by atoms with Gasteiger partial charge in [0.1, 0.15) is 11.3 Å². The van der Waals surface area contributed by atoms with E-state index in [1.165, 1.54) is 6.08 Å². The number of carbonyl (C=O) groups is 1. The SMILES string of the molecule is C=CC(=O)Nc1cc(Nc2nc(-n3nnc4ccccc43)c3sccc3n2)c(OC)cc1N1CCN(C)CC1. The number of likely N-dealkylation sites (N-methyl/N-ethyl adjacent to an activating group) is 1. The van der Waals surface area contributed by atoms with Gasteiger partial charge in [-0.3, -0.25) is 4.79 Å². The smallest absolute Gasteiger partial charge is 0.247 e. The zero-order valence-corrected chi connectivity index (χ0v) is 22.4. The lowest BCUT2D eigenvalue weighted by molar-refractivity contribution is -0.111. The third-order valence-electron chi connectivity index (χ3n) is 6.69. The summed E-state index contributed by atoms with van der Waals surface area (Å²) >= 11 is 1.54. The molecule has 2 aromatic carbocycles. The number of piperazine rings is 1. The number of benzene rings is 2. The second-order valence-corrected chi connectivity index (χ2v) is 10.1. The van der Waals surface area contributed by atoms with Crippen LogP contribution in [-0.4, -0.2) is 76.1 Å². The van der Waals surface area contributed by atoms with E-state index in [9.17, 15) is 4.79 Å². The molecule has 1 aliphatic rings. The molecule has 0 radical (unpaired) electrons. The highest BCUT2D eigenvalue weighted by Gasteiger charge is 2.22. The highest BCUT2D eigenvalue weighted by Crippen LogP contribution is 2.39. The Morgan fingerprint density at radius 3 is 2.69 bits per heavy atom. The molecule has 3 aromatic heterocycles.